The van der Waals surface area contributed by atoms with E-state index in [4.69, 9.17) is 21.3 Å². The van der Waals surface area contributed by atoms with Gasteiger partial charge in [-0.15, -0.1) is 0 Å². The number of carboxylic acid groups (broad SMARTS) is 1. The third-order valence-electron chi connectivity index (χ3n) is 1.30. The van der Waals surface area contributed by atoms with Gasteiger partial charge in [0.25, 0.3) is 0 Å². The smallest absolute Gasteiger partial charge is 0.322 e. The van der Waals surface area contributed by atoms with Crippen molar-refractivity contribution in [1.29, 1.82) is 0 Å². The molecule has 0 aliphatic rings. The number of aliphatic carboxylic acids is 1. The van der Waals surface area contributed by atoms with Gasteiger partial charge in [-0.3, -0.25) is 9.79 Å². The van der Waals surface area contributed by atoms with E-state index in [-0.39, 0.29) is 25.6 Å². The third-order valence-corrected chi connectivity index (χ3v) is 1.30. The van der Waals surface area contributed by atoms with E-state index < -0.39 is 18.7 Å². The number of rotatable bonds is 7. The summed E-state index contributed by atoms with van der Waals surface area (Å²) in [4.78, 5) is 13.8. The van der Waals surface area contributed by atoms with E-state index in [0.29, 0.717) is 0 Å². The third kappa shape index (κ3) is 6.32. The fourth-order valence-corrected chi connectivity index (χ4v) is 0.578. The van der Waals surface area contributed by atoms with Crippen molar-refractivity contribution in [3.63, 3.8) is 0 Å². The number of alkyl halides is 1. The maximum Gasteiger partial charge on any atom is 0.322 e. The summed E-state index contributed by atoms with van der Waals surface area (Å²) in [5.74, 6) is -1.23. The van der Waals surface area contributed by atoms with Crippen molar-refractivity contribution in [3.05, 3.63) is 0 Å². The van der Waals surface area contributed by atoms with E-state index in [1.54, 1.807) is 0 Å². The molecule has 0 saturated heterocycles. The second-order valence-electron chi connectivity index (χ2n) is 2.53. The molecule has 0 spiro atoms. The van der Waals surface area contributed by atoms with E-state index in [1.807, 2.05) is 0 Å². The lowest BCUT2D eigenvalue weighted by molar-refractivity contribution is -0.139. The molecule has 6 nitrogen and oxygen atoms in total. The molecule has 0 fully saturated rings. The summed E-state index contributed by atoms with van der Waals surface area (Å²) in [6.07, 6.45) is 0. The second-order valence-corrected chi connectivity index (χ2v) is 2.53. The van der Waals surface area contributed by atoms with Gasteiger partial charge in [0.2, 0.25) is 0 Å². The Morgan fingerprint density at radius 3 is 2.79 bits per heavy atom. The van der Waals surface area contributed by atoms with Crippen molar-refractivity contribution >= 4 is 11.8 Å². The number of hydrogen-bond acceptors (Lipinski definition) is 4. The number of carbonyl (C=O) groups is 1. The number of amidine groups is 1. The number of nitrogens with zero attached hydrogens (tertiary/aromatic N) is 1. The molecule has 82 valence electrons. The minimum absolute atomic E-state index is 0.0968. The lowest BCUT2D eigenvalue weighted by Gasteiger charge is -2.06. The standard InChI is InChI=1S/C7H14FN3O3/c8-3-6(10)11-1-2-14-4-5(9)7(12)13/h5H,1-4,9H2,(H2,10,11)(H,12,13). The fourth-order valence-electron chi connectivity index (χ4n) is 0.578. The maximum absolute atomic E-state index is 11.7. The van der Waals surface area contributed by atoms with Gasteiger partial charge in [-0.2, -0.15) is 0 Å². The summed E-state index contributed by atoms with van der Waals surface area (Å²) in [5, 5.41) is 8.36. The zero-order chi connectivity index (χ0) is 11.0. The lowest BCUT2D eigenvalue weighted by atomic mass is 10.3. The van der Waals surface area contributed by atoms with Crippen LogP contribution >= 0.6 is 0 Å². The predicted octanol–water partition coefficient (Wildman–Crippen LogP) is -1.26. The Balaban J connectivity index is 3.43. The molecule has 0 heterocycles. The number of ether oxygens (including phenoxy) is 1. The minimum atomic E-state index is -1.13. The molecule has 1 unspecified atom stereocenters. The van der Waals surface area contributed by atoms with Gasteiger partial charge in [-0.1, -0.05) is 0 Å². The molecular weight excluding hydrogens is 193 g/mol. The fraction of sp³-hybridized carbons (Fsp3) is 0.714. The van der Waals surface area contributed by atoms with Crippen LogP contribution < -0.4 is 11.5 Å². The molecule has 0 aromatic carbocycles. The van der Waals surface area contributed by atoms with Gasteiger partial charge in [0.1, 0.15) is 18.6 Å². The highest BCUT2D eigenvalue weighted by Gasteiger charge is 2.10. The largest absolute Gasteiger partial charge is 0.480 e. The van der Waals surface area contributed by atoms with Gasteiger partial charge < -0.3 is 21.3 Å². The molecule has 14 heavy (non-hydrogen) atoms. The van der Waals surface area contributed by atoms with E-state index in [2.05, 4.69) is 4.99 Å². The van der Waals surface area contributed by atoms with Crippen molar-refractivity contribution in [1.82, 2.24) is 0 Å². The highest BCUT2D eigenvalue weighted by molar-refractivity contribution is 5.81. The Morgan fingerprint density at radius 2 is 2.29 bits per heavy atom. The van der Waals surface area contributed by atoms with Crippen molar-refractivity contribution in [2.75, 3.05) is 26.4 Å². The molecule has 0 aromatic heterocycles. The number of aliphatic imine (C=N–C) groups is 1. The molecule has 0 saturated carbocycles. The first kappa shape index (κ1) is 12.8. The molecule has 0 aromatic rings. The quantitative estimate of drug-likeness (QED) is 0.274. The minimum Gasteiger partial charge on any atom is -0.480 e. The van der Waals surface area contributed by atoms with Crippen LogP contribution in [-0.4, -0.2) is 49.4 Å². The van der Waals surface area contributed by atoms with Crippen LogP contribution in [0, 0.1) is 0 Å². The monoisotopic (exact) mass is 207 g/mol. The van der Waals surface area contributed by atoms with Gasteiger partial charge in [0, 0.05) is 0 Å². The van der Waals surface area contributed by atoms with Crippen LogP contribution in [0.1, 0.15) is 0 Å². The lowest BCUT2D eigenvalue weighted by Crippen LogP contribution is -2.35. The zero-order valence-electron chi connectivity index (χ0n) is 7.65. The Kier molecular flexibility index (Phi) is 6.59. The molecule has 1 atom stereocenters. The van der Waals surface area contributed by atoms with E-state index in [1.165, 1.54) is 0 Å². The molecule has 0 aliphatic carbocycles. The average Bonchev–Trinajstić information content (AvgIpc) is 2.16. The van der Waals surface area contributed by atoms with Gasteiger partial charge in [0.05, 0.1) is 19.8 Å². The second kappa shape index (κ2) is 7.22. The number of hydrogen-bond donors (Lipinski definition) is 3. The summed E-state index contributed by atoms with van der Waals surface area (Å²) >= 11 is 0. The highest BCUT2D eigenvalue weighted by Crippen LogP contribution is 1.83. The van der Waals surface area contributed by atoms with E-state index >= 15 is 0 Å². The molecule has 7 heteroatoms. The Morgan fingerprint density at radius 1 is 1.64 bits per heavy atom. The van der Waals surface area contributed by atoms with Crippen molar-refractivity contribution < 1.29 is 19.0 Å². The predicted molar refractivity (Wildman–Crippen MR) is 48.9 cm³/mol. The summed E-state index contributed by atoms with van der Waals surface area (Å²) in [7, 11) is 0. The van der Waals surface area contributed by atoms with Crippen LogP contribution in [0.25, 0.3) is 0 Å². The van der Waals surface area contributed by atoms with Crippen LogP contribution in [0.2, 0.25) is 0 Å². The van der Waals surface area contributed by atoms with Gasteiger partial charge >= 0.3 is 5.97 Å². The average molecular weight is 207 g/mol. The van der Waals surface area contributed by atoms with Crippen molar-refractivity contribution in [2.45, 2.75) is 6.04 Å². The zero-order valence-corrected chi connectivity index (χ0v) is 7.65. The summed E-state index contributed by atoms with van der Waals surface area (Å²) in [5.41, 5.74) is 10.2. The van der Waals surface area contributed by atoms with E-state index in [0.717, 1.165) is 0 Å². The highest BCUT2D eigenvalue weighted by atomic mass is 19.1. The summed E-state index contributed by atoms with van der Waals surface area (Å²) < 4.78 is 16.6. The first-order chi connectivity index (χ1) is 6.57. The summed E-state index contributed by atoms with van der Waals surface area (Å²) in [6, 6.07) is -1.04. The van der Waals surface area contributed by atoms with Crippen LogP contribution in [0.15, 0.2) is 4.99 Å². The van der Waals surface area contributed by atoms with Gasteiger partial charge in [-0.05, 0) is 0 Å². The molecule has 5 N–H and O–H groups in total. The van der Waals surface area contributed by atoms with Crippen molar-refractivity contribution in [3.8, 4) is 0 Å². The molecular formula is C7H14FN3O3. The molecule has 0 bridgehead atoms. The van der Waals surface area contributed by atoms with Gasteiger partial charge in [-0.25, -0.2) is 4.39 Å². The van der Waals surface area contributed by atoms with Crippen LogP contribution in [0.3, 0.4) is 0 Å². The van der Waals surface area contributed by atoms with Crippen LogP contribution in [-0.2, 0) is 9.53 Å². The number of carboxylic acids is 1. The van der Waals surface area contributed by atoms with Crippen LogP contribution in [0.4, 0.5) is 4.39 Å². The van der Waals surface area contributed by atoms with Crippen LogP contribution in [0.5, 0.6) is 0 Å². The first-order valence-corrected chi connectivity index (χ1v) is 3.98. The maximum atomic E-state index is 11.7. The SMILES string of the molecule is NC(CF)=NCCOCC(N)C(=O)O. The van der Waals surface area contributed by atoms with E-state index in [9.17, 15) is 9.18 Å². The molecule has 0 amide bonds. The first-order valence-electron chi connectivity index (χ1n) is 3.98. The number of nitrogens with two attached hydrogens (primary N) is 2. The Hall–Kier alpha value is -1.21. The molecule has 0 rings (SSSR count). The topological polar surface area (TPSA) is 111 Å². The van der Waals surface area contributed by atoms with Gasteiger partial charge in [0.15, 0.2) is 0 Å². The Labute approximate surface area is 80.7 Å². The van der Waals surface area contributed by atoms with Crippen molar-refractivity contribution in [2.24, 2.45) is 16.5 Å². The Bertz CT molecular complexity index is 210. The normalized spacial score (nSPS) is 14.0. The summed E-state index contributed by atoms with van der Waals surface area (Å²) in [6.45, 7) is -0.529. The molecule has 0 aliphatic heterocycles. The number of halogens is 1. The molecule has 0 radical (unpaired) electrons.